The zero-order valence-corrected chi connectivity index (χ0v) is 14.2. The first-order valence-corrected chi connectivity index (χ1v) is 8.51. The van der Waals surface area contributed by atoms with Gasteiger partial charge in [0.05, 0.1) is 6.61 Å². The molecule has 2 aromatic rings. The van der Waals surface area contributed by atoms with Crippen molar-refractivity contribution in [3.05, 3.63) is 59.7 Å². The normalized spacial score (nSPS) is 10.7. The summed E-state index contributed by atoms with van der Waals surface area (Å²) in [5.41, 5.74) is 2.05. The fourth-order valence-corrected chi connectivity index (χ4v) is 2.80. The average molecular weight is 314 g/mol. The van der Waals surface area contributed by atoms with Gasteiger partial charge in [-0.05, 0) is 42.7 Å². The third-order valence-electron chi connectivity index (χ3n) is 3.41. The van der Waals surface area contributed by atoms with Crippen molar-refractivity contribution < 1.29 is 9.53 Å². The quantitative estimate of drug-likeness (QED) is 0.400. The van der Waals surface area contributed by atoms with E-state index in [4.69, 9.17) is 4.74 Å². The molecule has 0 saturated carbocycles. The van der Waals surface area contributed by atoms with Crippen LogP contribution in [0.15, 0.2) is 53.4 Å². The summed E-state index contributed by atoms with van der Waals surface area (Å²) in [4.78, 5) is 12.4. The third-order valence-corrected chi connectivity index (χ3v) is 4.38. The highest BCUT2D eigenvalue weighted by atomic mass is 32.2. The Morgan fingerprint density at radius 1 is 1.14 bits per heavy atom. The van der Waals surface area contributed by atoms with E-state index in [-0.39, 0.29) is 5.78 Å². The highest BCUT2D eigenvalue weighted by Gasteiger charge is 2.02. The first kappa shape index (κ1) is 16.6. The number of thioether (sulfide) groups is 1. The zero-order chi connectivity index (χ0) is 15.9. The van der Waals surface area contributed by atoms with Gasteiger partial charge in [-0.25, -0.2) is 0 Å². The topological polar surface area (TPSA) is 26.3 Å². The number of rotatable bonds is 7. The Morgan fingerprint density at radius 2 is 1.86 bits per heavy atom. The summed E-state index contributed by atoms with van der Waals surface area (Å²) in [6.45, 7) is 6.61. The third kappa shape index (κ3) is 4.92. The largest absolute Gasteiger partial charge is 0.493 e. The van der Waals surface area contributed by atoms with Crippen molar-refractivity contribution in [1.82, 2.24) is 0 Å². The molecule has 0 fully saturated rings. The number of ketones is 1. The van der Waals surface area contributed by atoms with Crippen LogP contribution in [-0.2, 0) is 0 Å². The molecular formula is C19H22O2S. The molecule has 0 spiro atoms. The molecule has 22 heavy (non-hydrogen) atoms. The average Bonchev–Trinajstić information content (AvgIpc) is 2.52. The molecule has 2 rings (SSSR count). The standard InChI is InChI=1S/C19H22O2S/c1-14(2)17-5-4-6-18(13-17)21-11-12-22-19-9-7-16(8-10-19)15(3)20/h4-10,13-14H,11-12H2,1-3H3. The summed E-state index contributed by atoms with van der Waals surface area (Å²) < 4.78 is 5.81. The van der Waals surface area contributed by atoms with Crippen LogP contribution in [0.1, 0.15) is 42.6 Å². The lowest BCUT2D eigenvalue weighted by Crippen LogP contribution is -2.01. The minimum atomic E-state index is 0.102. The van der Waals surface area contributed by atoms with Crippen LogP contribution in [-0.4, -0.2) is 18.1 Å². The Hall–Kier alpha value is -1.74. The van der Waals surface area contributed by atoms with E-state index in [0.717, 1.165) is 22.0 Å². The summed E-state index contributed by atoms with van der Waals surface area (Å²) in [5, 5.41) is 0. The lowest BCUT2D eigenvalue weighted by molar-refractivity contribution is 0.101. The Bertz CT molecular complexity index is 618. The maximum atomic E-state index is 11.2. The van der Waals surface area contributed by atoms with Crippen LogP contribution in [0, 0.1) is 0 Å². The van der Waals surface area contributed by atoms with Crippen LogP contribution in [0.25, 0.3) is 0 Å². The number of benzene rings is 2. The van der Waals surface area contributed by atoms with Crippen LogP contribution in [0.4, 0.5) is 0 Å². The minimum Gasteiger partial charge on any atom is -0.493 e. The van der Waals surface area contributed by atoms with E-state index in [0.29, 0.717) is 12.5 Å². The van der Waals surface area contributed by atoms with E-state index < -0.39 is 0 Å². The molecule has 0 heterocycles. The van der Waals surface area contributed by atoms with E-state index in [1.54, 1.807) is 18.7 Å². The van der Waals surface area contributed by atoms with Gasteiger partial charge in [-0.15, -0.1) is 11.8 Å². The second-order valence-corrected chi connectivity index (χ2v) is 6.67. The predicted molar refractivity (Wildman–Crippen MR) is 93.2 cm³/mol. The highest BCUT2D eigenvalue weighted by molar-refractivity contribution is 7.99. The van der Waals surface area contributed by atoms with Crippen molar-refractivity contribution in [3.8, 4) is 5.75 Å². The van der Waals surface area contributed by atoms with Crippen LogP contribution in [0.5, 0.6) is 5.75 Å². The molecule has 0 aliphatic rings. The van der Waals surface area contributed by atoms with Crippen LogP contribution in [0.3, 0.4) is 0 Å². The van der Waals surface area contributed by atoms with Crippen molar-refractivity contribution >= 4 is 17.5 Å². The van der Waals surface area contributed by atoms with Crippen molar-refractivity contribution in [2.75, 3.05) is 12.4 Å². The first-order valence-electron chi connectivity index (χ1n) is 7.53. The summed E-state index contributed by atoms with van der Waals surface area (Å²) in [7, 11) is 0. The summed E-state index contributed by atoms with van der Waals surface area (Å²) >= 11 is 1.73. The fraction of sp³-hybridized carbons (Fsp3) is 0.316. The van der Waals surface area contributed by atoms with Gasteiger partial charge in [-0.2, -0.15) is 0 Å². The summed E-state index contributed by atoms with van der Waals surface area (Å²) in [6.07, 6.45) is 0. The molecule has 0 bridgehead atoms. The second kappa shape index (κ2) is 8.04. The van der Waals surface area contributed by atoms with Gasteiger partial charge in [0.1, 0.15) is 5.75 Å². The fourth-order valence-electron chi connectivity index (χ4n) is 2.07. The number of carbonyl (C=O) groups excluding carboxylic acids is 1. The summed E-state index contributed by atoms with van der Waals surface area (Å²) in [5.74, 6) is 2.42. The number of hydrogen-bond donors (Lipinski definition) is 0. The molecule has 0 radical (unpaired) electrons. The number of ether oxygens (including phenoxy) is 1. The van der Waals surface area contributed by atoms with E-state index in [1.165, 1.54) is 5.56 Å². The van der Waals surface area contributed by atoms with Gasteiger partial charge in [-0.3, -0.25) is 4.79 Å². The lowest BCUT2D eigenvalue weighted by atomic mass is 10.0. The Kier molecular flexibility index (Phi) is 6.08. The van der Waals surface area contributed by atoms with E-state index in [9.17, 15) is 4.79 Å². The smallest absolute Gasteiger partial charge is 0.159 e. The van der Waals surface area contributed by atoms with E-state index in [1.807, 2.05) is 36.4 Å². The molecule has 3 heteroatoms. The molecule has 0 N–H and O–H groups in total. The number of Topliss-reactive ketones (excluding diaryl/α,β-unsaturated/α-hetero) is 1. The van der Waals surface area contributed by atoms with Gasteiger partial charge < -0.3 is 4.74 Å². The molecule has 0 amide bonds. The maximum Gasteiger partial charge on any atom is 0.159 e. The molecule has 0 aliphatic heterocycles. The van der Waals surface area contributed by atoms with Crippen molar-refractivity contribution in [2.24, 2.45) is 0 Å². The number of hydrogen-bond acceptors (Lipinski definition) is 3. The molecule has 0 aliphatic carbocycles. The Balaban J connectivity index is 1.79. The molecular weight excluding hydrogens is 292 g/mol. The summed E-state index contributed by atoms with van der Waals surface area (Å²) in [6, 6.07) is 16.0. The van der Waals surface area contributed by atoms with Crippen molar-refractivity contribution in [2.45, 2.75) is 31.6 Å². The second-order valence-electron chi connectivity index (χ2n) is 5.50. The first-order chi connectivity index (χ1) is 10.6. The van der Waals surface area contributed by atoms with Crippen LogP contribution >= 0.6 is 11.8 Å². The molecule has 0 unspecified atom stereocenters. The van der Waals surface area contributed by atoms with Gasteiger partial charge in [0.2, 0.25) is 0 Å². The SMILES string of the molecule is CC(=O)c1ccc(SCCOc2cccc(C(C)C)c2)cc1. The molecule has 0 aromatic heterocycles. The minimum absolute atomic E-state index is 0.102. The zero-order valence-electron chi connectivity index (χ0n) is 13.3. The molecule has 0 atom stereocenters. The van der Waals surface area contributed by atoms with E-state index >= 15 is 0 Å². The molecule has 2 nitrogen and oxygen atoms in total. The van der Waals surface area contributed by atoms with Gasteiger partial charge in [-0.1, -0.05) is 38.1 Å². The maximum absolute atomic E-state index is 11.2. The monoisotopic (exact) mass is 314 g/mol. The molecule has 0 saturated heterocycles. The number of carbonyl (C=O) groups is 1. The van der Waals surface area contributed by atoms with E-state index in [2.05, 4.69) is 26.0 Å². The van der Waals surface area contributed by atoms with Crippen LogP contribution < -0.4 is 4.74 Å². The van der Waals surface area contributed by atoms with Gasteiger partial charge >= 0.3 is 0 Å². The van der Waals surface area contributed by atoms with Gasteiger partial charge in [0.15, 0.2) is 5.78 Å². The Labute approximate surface area is 136 Å². The molecule has 116 valence electrons. The van der Waals surface area contributed by atoms with Gasteiger partial charge in [0.25, 0.3) is 0 Å². The van der Waals surface area contributed by atoms with Gasteiger partial charge in [0, 0.05) is 16.2 Å². The van der Waals surface area contributed by atoms with Crippen molar-refractivity contribution in [1.29, 1.82) is 0 Å². The van der Waals surface area contributed by atoms with Crippen LogP contribution in [0.2, 0.25) is 0 Å². The van der Waals surface area contributed by atoms with Crippen molar-refractivity contribution in [3.63, 3.8) is 0 Å². The lowest BCUT2D eigenvalue weighted by Gasteiger charge is -2.10. The predicted octanol–water partition coefficient (Wildman–Crippen LogP) is 5.18. The highest BCUT2D eigenvalue weighted by Crippen LogP contribution is 2.22. The Morgan fingerprint density at radius 3 is 2.50 bits per heavy atom. The molecule has 2 aromatic carbocycles.